The van der Waals surface area contributed by atoms with E-state index in [0.717, 1.165) is 85.2 Å². The average molecular weight is 1510 g/mol. The molecule has 556 valence electrons. The Balaban J connectivity index is 0.000000409. The first-order valence-electron chi connectivity index (χ1n) is 34.4. The molecule has 3 saturated carbocycles. The van der Waals surface area contributed by atoms with Gasteiger partial charge in [0.15, 0.2) is 0 Å². The van der Waals surface area contributed by atoms with Gasteiger partial charge in [0.05, 0.1) is 152 Å². The molecule has 4 fully saturated rings. The second kappa shape index (κ2) is 50.0. The van der Waals surface area contributed by atoms with Crippen LogP contribution >= 0.6 is 22.7 Å². The molecule has 4 aliphatic rings. The first-order valence-corrected chi connectivity index (χ1v) is 36.1. The fraction of sp³-hybridized carbons (Fsp3) is 0.583. The predicted molar refractivity (Wildman–Crippen MR) is 375 cm³/mol. The summed E-state index contributed by atoms with van der Waals surface area (Å²) in [5.41, 5.74) is 6.73. The maximum atomic E-state index is 12.6. The molecule has 0 bridgehead atoms. The summed E-state index contributed by atoms with van der Waals surface area (Å²) in [6, 6.07) is 13.5. The van der Waals surface area contributed by atoms with Crippen molar-refractivity contribution in [2.24, 2.45) is 56.0 Å². The Kier molecular flexibility index (Phi) is 43.2. The van der Waals surface area contributed by atoms with E-state index in [1.54, 1.807) is 13.8 Å². The van der Waals surface area contributed by atoms with Crippen molar-refractivity contribution in [2.45, 2.75) is 105 Å². The SMILES string of the molecule is O=C1OC(=O)C2CCCCC12.[C-]#[N+]c1c(N=Nc2ccc(N(CCOCCOCCOC(=O)C3CCCCC3C(=O)[O-])CCOCCOC(=O)C3CCCCC3C(=O)[O-])cc2C)sc(C#N)c1C.[C-]#[N+]c1sc(N=Nc2ccc(N(CCOCCO)CCOCCOCCO)cc2C)c([N+]#[C-])c1C.[Na+].[Na+]. The first kappa shape index (κ1) is 90.7. The number of anilines is 2. The molecule has 2 aromatic carbocycles. The van der Waals surface area contributed by atoms with Crippen LogP contribution in [0.25, 0.3) is 14.5 Å². The van der Waals surface area contributed by atoms with Crippen LogP contribution in [0.5, 0.6) is 0 Å². The Morgan fingerprint density at radius 2 is 0.886 bits per heavy atom. The summed E-state index contributed by atoms with van der Waals surface area (Å²) in [5.74, 6) is -7.34. The van der Waals surface area contributed by atoms with Gasteiger partial charge in [-0.15, -0.1) is 22.7 Å². The quantitative estimate of drug-likeness (QED) is 0.0122. The van der Waals surface area contributed by atoms with Gasteiger partial charge in [-0.2, -0.15) is 25.7 Å². The van der Waals surface area contributed by atoms with Crippen LogP contribution in [0.2, 0.25) is 0 Å². The number of carboxylic acids is 2. The molecule has 3 heterocycles. The molecule has 8 rings (SSSR count). The van der Waals surface area contributed by atoms with E-state index in [1.165, 1.54) is 11.3 Å². The van der Waals surface area contributed by atoms with Crippen molar-refractivity contribution in [3.05, 3.63) is 97.8 Å². The van der Waals surface area contributed by atoms with E-state index < -0.39 is 47.5 Å². The molecule has 2 aromatic heterocycles. The summed E-state index contributed by atoms with van der Waals surface area (Å²) in [5, 5.41) is 68.4. The molecule has 6 unspecified atom stereocenters. The van der Waals surface area contributed by atoms with Crippen molar-refractivity contribution >= 4 is 108 Å². The summed E-state index contributed by atoms with van der Waals surface area (Å²) < 4.78 is 48.6. The average Bonchev–Trinajstić information content (AvgIpc) is 1.50. The van der Waals surface area contributed by atoms with Gasteiger partial charge < -0.3 is 82.4 Å². The van der Waals surface area contributed by atoms with Gasteiger partial charge in [-0.05, 0) is 118 Å². The molecule has 1 aliphatic heterocycles. The van der Waals surface area contributed by atoms with Crippen LogP contribution in [0.1, 0.15) is 104 Å². The van der Waals surface area contributed by atoms with E-state index in [0.29, 0.717) is 145 Å². The number of aliphatic carboxylic acids is 2. The summed E-state index contributed by atoms with van der Waals surface area (Å²) in [6.45, 7) is 35.4. The van der Waals surface area contributed by atoms with Crippen LogP contribution in [0.4, 0.5) is 49.1 Å². The summed E-state index contributed by atoms with van der Waals surface area (Å²) in [7, 11) is 0. The number of esters is 4. The van der Waals surface area contributed by atoms with Crippen molar-refractivity contribution in [1.29, 1.82) is 5.26 Å². The number of ether oxygens (including phenoxy) is 9. The van der Waals surface area contributed by atoms with Gasteiger partial charge in [0.2, 0.25) is 16.4 Å². The molecule has 1 saturated heterocycles. The Hall–Kier alpha value is -6.70. The van der Waals surface area contributed by atoms with Crippen LogP contribution < -0.4 is 79.1 Å². The number of aliphatic hydroxyl groups excluding tert-OH is 2. The van der Waals surface area contributed by atoms with Gasteiger partial charge in [-0.1, -0.05) is 45.4 Å². The van der Waals surface area contributed by atoms with Crippen molar-refractivity contribution in [3.63, 3.8) is 0 Å². The summed E-state index contributed by atoms with van der Waals surface area (Å²) >= 11 is 2.29. The number of azo groups is 2. The first-order chi connectivity index (χ1) is 49.9. The molecule has 4 aromatic rings. The number of nitrogens with zero attached hydrogens (tertiary/aromatic N) is 10. The number of hydrogen-bond donors (Lipinski definition) is 2. The fourth-order valence-electron chi connectivity index (χ4n) is 12.0. The number of carboxylic acid groups (broad SMARTS) is 2. The molecule has 0 amide bonds. The van der Waals surface area contributed by atoms with E-state index in [2.05, 4.69) is 55.6 Å². The van der Waals surface area contributed by atoms with E-state index in [-0.39, 0.29) is 149 Å². The molecule has 0 spiro atoms. The Labute approximate surface area is 664 Å². The van der Waals surface area contributed by atoms with Gasteiger partial charge in [0, 0.05) is 61.3 Å². The third-order valence-electron chi connectivity index (χ3n) is 17.7. The Bertz CT molecular complexity index is 3680. The number of cyclic esters (lactones) is 2. The number of nitriles is 1. The minimum Gasteiger partial charge on any atom is -0.550 e. The van der Waals surface area contributed by atoms with E-state index >= 15 is 0 Å². The zero-order valence-electron chi connectivity index (χ0n) is 60.7. The number of fused-ring (bicyclic) bond motifs is 1. The van der Waals surface area contributed by atoms with Crippen molar-refractivity contribution in [1.82, 2.24) is 0 Å². The maximum Gasteiger partial charge on any atom is 1.00 e. The second-order valence-corrected chi connectivity index (χ2v) is 26.5. The minimum absolute atomic E-state index is 0. The number of rotatable bonds is 38. The molecule has 2 N–H and O–H groups in total. The van der Waals surface area contributed by atoms with Gasteiger partial charge in [0.25, 0.3) is 0 Å². The number of aliphatic hydroxyl groups is 2. The van der Waals surface area contributed by atoms with E-state index in [9.17, 15) is 44.2 Å². The van der Waals surface area contributed by atoms with Crippen LogP contribution in [0, 0.1) is 94.2 Å². The standard InChI is InChI=1S/C40H51N5O11S.C24H31N5O5S.C8H10O3.2Na/c1-26-24-28(12-13-33(26)43-44-36-35(42-3)27(2)34(25-41)57-36)45(15-17-53-20-22-55-39(50)31-10-6-4-8-29(31)37(46)47)14-16-52-18-19-54-21-23-56-40(51)32-11-7-5-9-30(32)38(48)49;1-18-17-20(29(7-11-32-13-9-30)8-12-33-15-16-34-14-10-31)5-6-21(18)27-28-24-22(25-3)19(2)23(26-4)35-24;9-7-5-3-1-2-4-6(5)8(10)11-7;;/h12-13,24,29-32H,4-11,14-23H2,1-2H3,(H,46,47)(H,48,49);5-6,17,30-31H,7-16H2,1-2H3;5-6H,1-4H2;;/q;;;2*+1/p-2. The van der Waals surface area contributed by atoms with Crippen LogP contribution in [0.15, 0.2) is 56.9 Å². The third kappa shape index (κ3) is 29.1. The van der Waals surface area contributed by atoms with Crippen LogP contribution in [-0.2, 0) is 71.4 Å². The second-order valence-electron chi connectivity index (χ2n) is 24.5. The molecule has 3 aliphatic carbocycles. The monoisotopic (exact) mass is 1510 g/mol. The zero-order valence-corrected chi connectivity index (χ0v) is 66.3. The van der Waals surface area contributed by atoms with E-state index in [4.69, 9.17) is 67.8 Å². The Morgan fingerprint density at radius 1 is 0.524 bits per heavy atom. The zero-order chi connectivity index (χ0) is 74.5. The molecule has 29 nitrogen and oxygen atoms in total. The largest absolute Gasteiger partial charge is 1.00 e. The number of hydrogen-bond acceptors (Lipinski definition) is 28. The van der Waals surface area contributed by atoms with Crippen LogP contribution in [0.3, 0.4) is 0 Å². The predicted octanol–water partition coefficient (Wildman–Crippen LogP) is 3.86. The molecule has 33 heteroatoms. The maximum absolute atomic E-state index is 12.6. The molecular weight excluding hydrogens is 1420 g/mol. The summed E-state index contributed by atoms with van der Waals surface area (Å²) in [6.07, 6.45) is 8.60. The number of carbonyl (C=O) groups is 6. The number of aryl methyl sites for hydroxylation is 2. The number of thiophene rings is 2. The van der Waals surface area contributed by atoms with Gasteiger partial charge in [0.1, 0.15) is 29.3 Å². The minimum atomic E-state index is -1.22. The van der Waals surface area contributed by atoms with Gasteiger partial charge >= 0.3 is 83.0 Å². The van der Waals surface area contributed by atoms with Gasteiger partial charge in [-0.3, -0.25) is 19.2 Å². The molecule has 0 radical (unpaired) electrons. The van der Waals surface area contributed by atoms with Crippen LogP contribution in [-0.4, -0.2) is 178 Å². The normalized spacial score (nSPS) is 18.0. The smallest absolute Gasteiger partial charge is 0.550 e. The number of benzene rings is 2. The third-order valence-corrected chi connectivity index (χ3v) is 19.8. The fourth-order valence-corrected chi connectivity index (χ4v) is 13.8. The Morgan fingerprint density at radius 3 is 1.27 bits per heavy atom. The van der Waals surface area contributed by atoms with Gasteiger partial charge in [-0.25, -0.2) is 14.5 Å². The van der Waals surface area contributed by atoms with Crippen molar-refractivity contribution < 1.29 is 151 Å². The van der Waals surface area contributed by atoms with Crippen molar-refractivity contribution in [2.75, 3.05) is 142 Å². The molecular formula is C72H90N10Na2O19S2. The molecule has 6 atom stereocenters. The molecule has 105 heavy (non-hydrogen) atoms. The van der Waals surface area contributed by atoms with Crippen molar-refractivity contribution in [3.8, 4) is 6.07 Å². The number of carbonyl (C=O) groups excluding carboxylic acids is 6. The topological polar surface area (TPSA) is 365 Å². The summed E-state index contributed by atoms with van der Waals surface area (Å²) in [4.78, 5) is 84.9. The van der Waals surface area contributed by atoms with E-state index in [1.807, 2.05) is 50.2 Å².